The lowest BCUT2D eigenvalue weighted by Gasteiger charge is -2.22. The molecule has 5 rings (SSSR count). The van der Waals surface area contributed by atoms with Crippen LogP contribution in [0, 0.1) is 11.3 Å². The normalized spacial score (nSPS) is 14.2. The Bertz CT molecular complexity index is 1510. The number of benzene rings is 2. The number of hydrogen-bond acceptors (Lipinski definition) is 8. The Kier molecular flexibility index (Phi) is 6.54. The first-order valence-corrected chi connectivity index (χ1v) is 12.2. The van der Waals surface area contributed by atoms with Crippen LogP contribution in [0.3, 0.4) is 0 Å². The zero-order chi connectivity index (χ0) is 26.0. The maximum absolute atomic E-state index is 12.9. The highest BCUT2D eigenvalue weighted by Crippen LogP contribution is 2.41. The number of amides is 2. The molecule has 1 aliphatic rings. The van der Waals surface area contributed by atoms with E-state index in [9.17, 15) is 15.2 Å². The van der Waals surface area contributed by atoms with E-state index in [0.717, 1.165) is 36.8 Å². The Hall–Kier alpha value is -4.36. The summed E-state index contributed by atoms with van der Waals surface area (Å²) in [5.74, 6) is 0.584. The number of fused-ring (bicyclic) bond motifs is 1. The Balaban J connectivity index is 1.34. The van der Waals surface area contributed by atoms with Gasteiger partial charge in [0, 0.05) is 5.56 Å². The lowest BCUT2D eigenvalue weighted by Crippen LogP contribution is -2.27. The minimum absolute atomic E-state index is 0.0332. The summed E-state index contributed by atoms with van der Waals surface area (Å²) in [5.41, 5.74) is 3.32. The zero-order valence-corrected chi connectivity index (χ0v) is 20.9. The lowest BCUT2D eigenvalue weighted by molar-refractivity contribution is 0.260. The molecule has 1 fully saturated rings. The molecule has 2 aromatic carbocycles. The maximum Gasteiger partial charge on any atom is 0.337 e. The fourth-order valence-corrected chi connectivity index (χ4v) is 4.78. The third-order valence-corrected chi connectivity index (χ3v) is 7.06. The monoisotopic (exact) mass is 512 g/mol. The molecule has 2 N–H and O–H groups in total. The zero-order valence-electron chi connectivity index (χ0n) is 20.0. The van der Waals surface area contributed by atoms with Crippen LogP contribution in [0.25, 0.3) is 22.4 Å². The molecule has 0 atom stereocenters. The van der Waals surface area contributed by atoms with E-state index in [1.165, 1.54) is 23.7 Å². The molecule has 0 bridgehead atoms. The summed E-state index contributed by atoms with van der Waals surface area (Å²) < 4.78 is 6.36. The number of carbonyl (C=O) groups is 1. The first kappa shape index (κ1) is 24.3. The number of methoxy groups -OCH3 is 1. The van der Waals surface area contributed by atoms with E-state index >= 15 is 0 Å². The molecular weight excluding hydrogens is 488 g/mol. The van der Waals surface area contributed by atoms with Crippen LogP contribution in [0.4, 0.5) is 16.3 Å². The third-order valence-electron chi connectivity index (χ3n) is 6.65. The fraction of sp³-hybridized carbons (Fsp3) is 0.222. The van der Waals surface area contributed by atoms with Crippen molar-refractivity contribution in [1.29, 1.82) is 5.26 Å². The molecule has 10 heteroatoms. The molecule has 2 amide bonds. The number of rotatable bonds is 5. The Morgan fingerprint density at radius 1 is 1.14 bits per heavy atom. The van der Waals surface area contributed by atoms with Crippen LogP contribution in [0.5, 0.6) is 11.5 Å². The van der Waals surface area contributed by atoms with Crippen molar-refractivity contribution in [3.63, 3.8) is 0 Å². The Morgan fingerprint density at radius 3 is 2.59 bits per heavy atom. The number of ether oxygens (including phenoxy) is 1. The van der Waals surface area contributed by atoms with Crippen molar-refractivity contribution >= 4 is 41.5 Å². The molecule has 0 spiro atoms. The van der Waals surface area contributed by atoms with Gasteiger partial charge in [-0.2, -0.15) is 5.26 Å². The van der Waals surface area contributed by atoms with E-state index in [0.29, 0.717) is 28.3 Å². The lowest BCUT2D eigenvalue weighted by atomic mass is 9.80. The number of nitriles is 1. The van der Waals surface area contributed by atoms with Crippen molar-refractivity contribution < 1.29 is 14.6 Å². The number of anilines is 2. The van der Waals surface area contributed by atoms with E-state index in [4.69, 9.17) is 4.74 Å². The molecule has 9 nitrogen and oxygen atoms in total. The number of phenolic OH excluding ortho intramolecular Hbond substituents is 1. The van der Waals surface area contributed by atoms with Crippen LogP contribution >= 0.6 is 12.8 Å². The minimum Gasteiger partial charge on any atom is -0.504 e. The molecule has 4 aromatic rings. The summed E-state index contributed by atoms with van der Waals surface area (Å²) in [4.78, 5) is 26.2. The predicted octanol–water partition coefficient (Wildman–Crippen LogP) is 5.62. The van der Waals surface area contributed by atoms with E-state index < -0.39 is 11.4 Å². The second-order valence-electron chi connectivity index (χ2n) is 8.87. The van der Waals surface area contributed by atoms with Gasteiger partial charge in [-0.15, -0.1) is 0 Å². The molecule has 2 heterocycles. The molecule has 186 valence electrons. The van der Waals surface area contributed by atoms with Crippen LogP contribution in [-0.2, 0) is 5.41 Å². The van der Waals surface area contributed by atoms with Gasteiger partial charge in [0.05, 0.1) is 36.2 Å². The van der Waals surface area contributed by atoms with E-state index in [1.807, 2.05) is 12.1 Å². The van der Waals surface area contributed by atoms with E-state index in [2.05, 4.69) is 39.2 Å². The molecule has 1 saturated carbocycles. The average Bonchev–Trinajstić information content (AvgIpc) is 3.43. The summed E-state index contributed by atoms with van der Waals surface area (Å²) in [6, 6.07) is 17.8. The fourth-order valence-electron chi connectivity index (χ4n) is 4.60. The van der Waals surface area contributed by atoms with Gasteiger partial charge >= 0.3 is 6.03 Å². The number of phenols is 1. The van der Waals surface area contributed by atoms with Gasteiger partial charge in [0.15, 0.2) is 23.0 Å². The smallest absolute Gasteiger partial charge is 0.337 e. The number of aromatic nitrogens is 3. The number of urea groups is 1. The molecule has 0 radical (unpaired) electrons. The van der Waals surface area contributed by atoms with Crippen molar-refractivity contribution in [2.45, 2.75) is 31.1 Å². The third kappa shape index (κ3) is 4.73. The minimum atomic E-state index is -0.514. The highest BCUT2D eigenvalue weighted by atomic mass is 32.1. The van der Waals surface area contributed by atoms with Gasteiger partial charge in [0.25, 0.3) is 0 Å². The van der Waals surface area contributed by atoms with Crippen molar-refractivity contribution in [3.05, 3.63) is 66.4 Å². The average molecular weight is 513 g/mol. The quantitative estimate of drug-likeness (QED) is 0.296. The summed E-state index contributed by atoms with van der Waals surface area (Å²) in [5, 5.41) is 22.3. The Morgan fingerprint density at radius 2 is 1.89 bits per heavy atom. The van der Waals surface area contributed by atoms with Crippen LogP contribution < -0.4 is 14.4 Å². The highest BCUT2D eigenvalue weighted by molar-refractivity contribution is 7.82. The largest absolute Gasteiger partial charge is 0.504 e. The summed E-state index contributed by atoms with van der Waals surface area (Å²) in [6.45, 7) is 0. The summed E-state index contributed by atoms with van der Waals surface area (Å²) in [7, 11) is 1.48. The molecular formula is C27H24N6O3S. The van der Waals surface area contributed by atoms with E-state index in [-0.39, 0.29) is 11.6 Å². The number of carbonyl (C=O) groups excluding carboxylic acids is 1. The van der Waals surface area contributed by atoms with Crippen molar-refractivity contribution in [2.24, 2.45) is 0 Å². The maximum atomic E-state index is 12.9. The van der Waals surface area contributed by atoms with Crippen molar-refractivity contribution in [3.8, 4) is 28.8 Å². The summed E-state index contributed by atoms with van der Waals surface area (Å²) in [6.07, 6.45) is 5.24. The molecule has 0 unspecified atom stereocenters. The number of pyridine rings is 1. The van der Waals surface area contributed by atoms with Gasteiger partial charge in [0.1, 0.15) is 5.52 Å². The van der Waals surface area contributed by atoms with Gasteiger partial charge < -0.3 is 9.84 Å². The first-order chi connectivity index (χ1) is 17.9. The van der Waals surface area contributed by atoms with Crippen molar-refractivity contribution in [1.82, 2.24) is 15.0 Å². The predicted molar refractivity (Wildman–Crippen MR) is 144 cm³/mol. The first-order valence-electron chi connectivity index (χ1n) is 11.8. The molecule has 0 saturated heterocycles. The van der Waals surface area contributed by atoms with Crippen molar-refractivity contribution in [2.75, 3.05) is 16.7 Å². The van der Waals surface area contributed by atoms with Gasteiger partial charge in [0.2, 0.25) is 0 Å². The molecule has 0 aliphatic heterocycles. The highest BCUT2D eigenvalue weighted by Gasteiger charge is 2.35. The number of aromatic hydroxyl groups is 1. The molecule has 2 aromatic heterocycles. The second kappa shape index (κ2) is 9.95. The topological polar surface area (TPSA) is 124 Å². The van der Waals surface area contributed by atoms with Gasteiger partial charge in [-0.05, 0) is 60.9 Å². The van der Waals surface area contributed by atoms with Gasteiger partial charge in [-0.1, -0.05) is 37.8 Å². The number of thiol groups is 1. The van der Waals surface area contributed by atoms with Gasteiger partial charge in [-0.25, -0.2) is 24.1 Å². The number of hydrogen-bond donors (Lipinski definition) is 3. The number of nitrogens with zero attached hydrogens (tertiary/aromatic N) is 5. The standard InChI is InChI=1S/C27H24N6O3S/c1-36-23-14-17(4-11-22(23)34)20-9-10-21-25(30-20)31-24(15-29-21)32-26(35)33(37)19-7-5-18(6-8-19)27(16-28)12-2-3-13-27/h4-11,14-15,34,37H,2-3,12-13H2,1H3,(H,30,31,32,35). The SMILES string of the molecule is COc1cc(-c2ccc3ncc(NC(=O)N(S)c4ccc(C5(C#N)CCCC5)cc4)nc3n2)ccc1O. The van der Waals surface area contributed by atoms with Crippen LogP contribution in [0.1, 0.15) is 31.2 Å². The van der Waals surface area contributed by atoms with Crippen LogP contribution in [0.15, 0.2) is 60.8 Å². The Labute approximate surface area is 219 Å². The van der Waals surface area contributed by atoms with Gasteiger partial charge in [-0.3, -0.25) is 5.32 Å². The van der Waals surface area contributed by atoms with E-state index in [1.54, 1.807) is 36.4 Å². The summed E-state index contributed by atoms with van der Waals surface area (Å²) >= 11 is 4.36. The molecule has 1 aliphatic carbocycles. The number of nitrogens with one attached hydrogen (secondary N) is 1. The van der Waals surface area contributed by atoms with Crippen LogP contribution in [-0.4, -0.2) is 33.2 Å². The molecule has 37 heavy (non-hydrogen) atoms. The second-order valence-corrected chi connectivity index (χ2v) is 9.27. The van der Waals surface area contributed by atoms with Crippen LogP contribution in [0.2, 0.25) is 0 Å².